The highest BCUT2D eigenvalue weighted by Crippen LogP contribution is 2.48. The van der Waals surface area contributed by atoms with Gasteiger partial charge in [-0.05, 0) is 34.8 Å². The van der Waals surface area contributed by atoms with Crippen molar-refractivity contribution < 1.29 is 0 Å². The standard InChI is InChI=1S/C22H22Si/c1-15-20-11-7-8-12-21(20)16(2)22(15)23(3,4)19-13-17-9-5-6-10-18(17)14-19/h5-14H,1-4H3. The fourth-order valence-electron chi connectivity index (χ4n) is 4.28. The van der Waals surface area contributed by atoms with Crippen molar-refractivity contribution in [2.24, 2.45) is 0 Å². The molecule has 2 aromatic carbocycles. The Labute approximate surface area is 140 Å². The van der Waals surface area contributed by atoms with Crippen molar-refractivity contribution in [3.63, 3.8) is 0 Å². The molecule has 0 spiro atoms. The van der Waals surface area contributed by atoms with Crippen molar-refractivity contribution in [3.8, 4) is 0 Å². The average molecular weight is 315 g/mol. The molecule has 0 amide bonds. The third kappa shape index (κ3) is 2.10. The number of rotatable bonds is 2. The fraction of sp³-hybridized carbons (Fsp3) is 0.182. The van der Waals surface area contributed by atoms with E-state index >= 15 is 0 Å². The second kappa shape index (κ2) is 5.07. The minimum Gasteiger partial charge on any atom is -0.0675 e. The highest BCUT2D eigenvalue weighted by atomic mass is 28.3. The van der Waals surface area contributed by atoms with E-state index in [2.05, 4.69) is 88.0 Å². The molecule has 0 saturated heterocycles. The monoisotopic (exact) mass is 314 g/mol. The first-order valence-electron chi connectivity index (χ1n) is 8.31. The van der Waals surface area contributed by atoms with Crippen LogP contribution in [0.5, 0.6) is 0 Å². The lowest BCUT2D eigenvalue weighted by Gasteiger charge is -2.30. The van der Waals surface area contributed by atoms with E-state index in [9.17, 15) is 0 Å². The minimum absolute atomic E-state index is 1.37. The Morgan fingerprint density at radius 3 is 2.00 bits per heavy atom. The number of allylic oxidation sites excluding steroid dienone is 3. The molecule has 0 nitrogen and oxygen atoms in total. The van der Waals surface area contributed by atoms with Crippen molar-refractivity contribution in [1.82, 2.24) is 0 Å². The highest BCUT2D eigenvalue weighted by molar-refractivity contribution is 6.93. The van der Waals surface area contributed by atoms with Gasteiger partial charge in [0.25, 0.3) is 0 Å². The Kier molecular flexibility index (Phi) is 3.24. The Balaban J connectivity index is 1.78. The maximum Gasteiger partial charge on any atom is 0.105 e. The number of hydrogen-bond acceptors (Lipinski definition) is 0. The summed E-state index contributed by atoms with van der Waals surface area (Å²) in [5.41, 5.74) is 7.08. The van der Waals surface area contributed by atoms with Gasteiger partial charge in [0.2, 0.25) is 0 Å². The van der Waals surface area contributed by atoms with E-state index in [4.69, 9.17) is 0 Å². The molecule has 114 valence electrons. The fourth-order valence-corrected chi connectivity index (χ4v) is 7.75. The Morgan fingerprint density at radius 2 is 1.35 bits per heavy atom. The average Bonchev–Trinajstić information content (AvgIpc) is 3.09. The Morgan fingerprint density at radius 1 is 0.739 bits per heavy atom. The molecule has 2 aliphatic rings. The molecule has 0 bridgehead atoms. The van der Waals surface area contributed by atoms with Crippen LogP contribution < -0.4 is 0 Å². The first-order valence-corrected chi connectivity index (χ1v) is 11.3. The maximum absolute atomic E-state index is 2.50. The molecule has 2 radical (unpaired) electrons. The van der Waals surface area contributed by atoms with Gasteiger partial charge in [0, 0.05) is 12.3 Å². The summed E-state index contributed by atoms with van der Waals surface area (Å²) in [5.74, 6) is 1.49. The van der Waals surface area contributed by atoms with E-state index in [1.54, 1.807) is 10.4 Å². The van der Waals surface area contributed by atoms with Crippen molar-refractivity contribution in [3.05, 3.63) is 93.5 Å². The summed E-state index contributed by atoms with van der Waals surface area (Å²) >= 11 is 0. The van der Waals surface area contributed by atoms with Crippen LogP contribution in [0.2, 0.25) is 13.1 Å². The number of hydrogen-bond donors (Lipinski definition) is 0. The second-order valence-corrected chi connectivity index (χ2v) is 11.5. The van der Waals surface area contributed by atoms with Gasteiger partial charge >= 0.3 is 0 Å². The lowest BCUT2D eigenvalue weighted by atomic mass is 10.0. The van der Waals surface area contributed by atoms with Gasteiger partial charge in [0.05, 0.1) is 0 Å². The zero-order valence-corrected chi connectivity index (χ0v) is 15.3. The molecule has 0 fully saturated rings. The van der Waals surface area contributed by atoms with E-state index in [1.165, 1.54) is 33.7 Å². The molecular formula is C22H22Si. The second-order valence-electron chi connectivity index (χ2n) is 7.17. The van der Waals surface area contributed by atoms with Crippen molar-refractivity contribution in [1.29, 1.82) is 0 Å². The normalized spacial score (nSPS) is 17.3. The lowest BCUT2D eigenvalue weighted by Crippen LogP contribution is -2.34. The van der Waals surface area contributed by atoms with Crippen molar-refractivity contribution in [2.75, 3.05) is 0 Å². The van der Waals surface area contributed by atoms with Gasteiger partial charge in [-0.2, -0.15) is 0 Å². The third-order valence-corrected chi connectivity index (χ3v) is 9.18. The quantitative estimate of drug-likeness (QED) is 0.610. The molecule has 0 unspecified atom stereocenters. The van der Waals surface area contributed by atoms with Crippen LogP contribution in [0.3, 0.4) is 0 Å². The molecule has 1 heteroatoms. The van der Waals surface area contributed by atoms with Gasteiger partial charge in [-0.25, -0.2) is 0 Å². The Bertz CT molecular complexity index is 852. The molecule has 0 saturated carbocycles. The molecule has 4 rings (SSSR count). The summed E-state index contributed by atoms with van der Waals surface area (Å²) in [4.78, 5) is 0. The highest BCUT2D eigenvalue weighted by Gasteiger charge is 2.40. The summed E-state index contributed by atoms with van der Waals surface area (Å²) in [5, 5.41) is 3.16. The van der Waals surface area contributed by atoms with Crippen LogP contribution in [-0.4, -0.2) is 8.07 Å². The smallest absolute Gasteiger partial charge is 0.0675 e. The summed E-state index contributed by atoms with van der Waals surface area (Å²) in [6.07, 6.45) is 4.83. The van der Waals surface area contributed by atoms with Crippen LogP contribution in [0.4, 0.5) is 0 Å². The van der Waals surface area contributed by atoms with Gasteiger partial charge in [0.1, 0.15) is 8.07 Å². The lowest BCUT2D eigenvalue weighted by molar-refractivity contribution is 1.24. The third-order valence-electron chi connectivity index (χ3n) is 5.45. The maximum atomic E-state index is 2.50. The minimum atomic E-state index is -1.71. The van der Waals surface area contributed by atoms with E-state index in [0.29, 0.717) is 0 Å². The summed E-state index contributed by atoms with van der Waals surface area (Å²) in [6.45, 7) is 9.61. The Hall–Kier alpha value is -1.86. The van der Waals surface area contributed by atoms with E-state index in [0.717, 1.165) is 0 Å². The zero-order chi connectivity index (χ0) is 16.2. The SMILES string of the molecule is C[C]1C([Si](C)(C)C2=Cc3ccccc3[CH]2)=C(C)c2ccccc21. The van der Waals surface area contributed by atoms with Gasteiger partial charge in [-0.15, -0.1) is 0 Å². The van der Waals surface area contributed by atoms with Crippen molar-refractivity contribution >= 4 is 19.7 Å². The topological polar surface area (TPSA) is 0 Å². The zero-order valence-electron chi connectivity index (χ0n) is 14.3. The van der Waals surface area contributed by atoms with E-state index < -0.39 is 8.07 Å². The molecule has 0 heterocycles. The molecule has 2 aliphatic carbocycles. The summed E-state index contributed by atoms with van der Waals surface area (Å²) in [6, 6.07) is 17.6. The van der Waals surface area contributed by atoms with Crippen LogP contribution in [-0.2, 0) is 0 Å². The molecule has 0 atom stereocenters. The van der Waals surface area contributed by atoms with E-state index in [-0.39, 0.29) is 0 Å². The van der Waals surface area contributed by atoms with Crippen molar-refractivity contribution in [2.45, 2.75) is 26.9 Å². The molecule has 2 aromatic rings. The molecule has 0 aromatic heterocycles. The van der Waals surface area contributed by atoms with Crippen LogP contribution in [0.1, 0.15) is 36.1 Å². The molecule has 23 heavy (non-hydrogen) atoms. The summed E-state index contributed by atoms with van der Waals surface area (Å²) < 4.78 is 0. The van der Waals surface area contributed by atoms with Crippen LogP contribution in [0.15, 0.2) is 58.9 Å². The first-order chi connectivity index (χ1) is 11.0. The van der Waals surface area contributed by atoms with E-state index in [1.807, 2.05) is 0 Å². The van der Waals surface area contributed by atoms with Crippen LogP contribution in [0, 0.1) is 12.3 Å². The number of fused-ring (bicyclic) bond motifs is 2. The van der Waals surface area contributed by atoms with Crippen LogP contribution >= 0.6 is 0 Å². The molecule has 0 aliphatic heterocycles. The number of benzene rings is 2. The predicted molar refractivity (Wildman–Crippen MR) is 102 cm³/mol. The molecule has 0 N–H and O–H groups in total. The largest absolute Gasteiger partial charge is 0.105 e. The van der Waals surface area contributed by atoms with Gasteiger partial charge in [-0.3, -0.25) is 0 Å². The van der Waals surface area contributed by atoms with Gasteiger partial charge in [-0.1, -0.05) is 85.0 Å². The van der Waals surface area contributed by atoms with Gasteiger partial charge < -0.3 is 0 Å². The summed E-state index contributed by atoms with van der Waals surface area (Å²) in [7, 11) is -1.71. The predicted octanol–water partition coefficient (Wildman–Crippen LogP) is 5.85. The first kappa shape index (κ1) is 14.7. The van der Waals surface area contributed by atoms with Gasteiger partial charge in [0.15, 0.2) is 0 Å². The van der Waals surface area contributed by atoms with Crippen LogP contribution in [0.25, 0.3) is 11.6 Å². The molecular weight excluding hydrogens is 292 g/mol.